The molecule has 0 fully saturated rings. The highest BCUT2D eigenvalue weighted by atomic mass is 16.2. The van der Waals surface area contributed by atoms with Gasteiger partial charge in [0.05, 0.1) is 13.1 Å². The van der Waals surface area contributed by atoms with Gasteiger partial charge in [0.1, 0.15) is 0 Å². The monoisotopic (exact) mass is 196 g/mol. The van der Waals surface area contributed by atoms with Gasteiger partial charge >= 0.3 is 0 Å². The Bertz CT molecular complexity index is 208. The van der Waals surface area contributed by atoms with Gasteiger partial charge in [0.25, 0.3) is 0 Å². The summed E-state index contributed by atoms with van der Waals surface area (Å²) in [4.78, 5) is 13.2. The third-order valence-electron chi connectivity index (χ3n) is 2.21. The molecule has 0 aliphatic rings. The quantitative estimate of drug-likeness (QED) is 0.501. The molecule has 80 valence electrons. The van der Waals surface area contributed by atoms with Gasteiger partial charge in [0.15, 0.2) is 0 Å². The molecule has 0 bridgehead atoms. The van der Waals surface area contributed by atoms with Crippen molar-refractivity contribution >= 4 is 5.91 Å². The third-order valence-corrected chi connectivity index (χ3v) is 2.21. The fourth-order valence-electron chi connectivity index (χ4n) is 1.07. The van der Waals surface area contributed by atoms with Gasteiger partial charge in [0, 0.05) is 13.6 Å². The van der Waals surface area contributed by atoms with E-state index in [1.807, 2.05) is 7.05 Å². The van der Waals surface area contributed by atoms with Crippen LogP contribution in [0.5, 0.6) is 0 Å². The first-order valence-electron chi connectivity index (χ1n) is 5.00. The zero-order valence-corrected chi connectivity index (χ0v) is 9.34. The highest BCUT2D eigenvalue weighted by Crippen LogP contribution is 2.02. The summed E-state index contributed by atoms with van der Waals surface area (Å²) in [6, 6.07) is 0. The zero-order chi connectivity index (χ0) is 11.0. The number of carbonyl (C=O) groups excluding carboxylic acids is 1. The van der Waals surface area contributed by atoms with Crippen LogP contribution in [0.4, 0.5) is 0 Å². The number of nitrogens with one attached hydrogen (secondary N) is 1. The summed E-state index contributed by atoms with van der Waals surface area (Å²) in [5.74, 6) is 3.08. The first-order valence-corrected chi connectivity index (χ1v) is 5.00. The normalized spacial score (nSPS) is 11.9. The number of rotatable bonds is 6. The van der Waals surface area contributed by atoms with E-state index in [1.165, 1.54) is 0 Å². The van der Waals surface area contributed by atoms with Crippen LogP contribution in [-0.2, 0) is 4.79 Å². The zero-order valence-electron chi connectivity index (χ0n) is 9.34. The molecule has 0 aromatic heterocycles. The summed E-state index contributed by atoms with van der Waals surface area (Å²) < 4.78 is 0. The van der Waals surface area contributed by atoms with Gasteiger partial charge in [-0.15, -0.1) is 6.42 Å². The Balaban J connectivity index is 3.71. The summed E-state index contributed by atoms with van der Waals surface area (Å²) in [6.07, 6.45) is 6.15. The molecule has 0 aromatic rings. The minimum Gasteiger partial charge on any atom is -0.344 e. The lowest BCUT2D eigenvalue weighted by molar-refractivity contribution is -0.129. The Labute approximate surface area is 86.9 Å². The van der Waals surface area contributed by atoms with E-state index in [4.69, 9.17) is 6.42 Å². The molecule has 0 saturated heterocycles. The molecule has 0 rings (SSSR count). The summed E-state index contributed by atoms with van der Waals surface area (Å²) in [5.41, 5.74) is 0. The molecule has 0 aromatic carbocycles. The van der Waals surface area contributed by atoms with Crippen LogP contribution in [0.1, 0.15) is 20.3 Å². The second kappa shape index (κ2) is 7.40. The van der Waals surface area contributed by atoms with Crippen LogP contribution in [0.3, 0.4) is 0 Å². The van der Waals surface area contributed by atoms with Gasteiger partial charge in [-0.05, 0) is 5.92 Å². The average Bonchev–Trinajstić information content (AvgIpc) is 2.17. The average molecular weight is 196 g/mol. The van der Waals surface area contributed by atoms with E-state index < -0.39 is 0 Å². The van der Waals surface area contributed by atoms with Gasteiger partial charge in [-0.2, -0.15) is 0 Å². The SMILES string of the molecule is C#CCNCC(=O)N(C)CC(C)CC. The second-order valence-corrected chi connectivity index (χ2v) is 3.60. The second-order valence-electron chi connectivity index (χ2n) is 3.60. The third kappa shape index (κ3) is 5.60. The molecule has 1 N–H and O–H groups in total. The molecular weight excluding hydrogens is 176 g/mol. The van der Waals surface area contributed by atoms with Gasteiger partial charge in [-0.3, -0.25) is 10.1 Å². The molecule has 1 amide bonds. The van der Waals surface area contributed by atoms with E-state index in [2.05, 4.69) is 25.1 Å². The maximum Gasteiger partial charge on any atom is 0.236 e. The molecule has 3 nitrogen and oxygen atoms in total. The maximum atomic E-state index is 11.5. The number of nitrogens with zero attached hydrogens (tertiary/aromatic N) is 1. The number of hydrogen-bond donors (Lipinski definition) is 1. The fourth-order valence-corrected chi connectivity index (χ4v) is 1.07. The number of terminal acetylenes is 1. The molecule has 0 saturated carbocycles. The first kappa shape index (κ1) is 13.0. The van der Waals surface area contributed by atoms with E-state index in [1.54, 1.807) is 4.90 Å². The van der Waals surface area contributed by atoms with Crippen molar-refractivity contribution < 1.29 is 4.79 Å². The highest BCUT2D eigenvalue weighted by molar-refractivity contribution is 5.77. The minimum atomic E-state index is 0.0977. The molecule has 0 spiro atoms. The molecule has 0 aliphatic carbocycles. The van der Waals surface area contributed by atoms with Gasteiger partial charge in [-0.1, -0.05) is 26.2 Å². The number of hydrogen-bond acceptors (Lipinski definition) is 2. The van der Waals surface area contributed by atoms with Crippen molar-refractivity contribution in [2.24, 2.45) is 5.92 Å². The summed E-state index contributed by atoms with van der Waals surface area (Å²) in [7, 11) is 1.83. The number of amides is 1. The van der Waals surface area contributed by atoms with Crippen LogP contribution in [0.15, 0.2) is 0 Å². The highest BCUT2D eigenvalue weighted by Gasteiger charge is 2.10. The standard InChI is InChI=1S/C11H20N2O/c1-5-7-12-8-11(14)13(4)9-10(3)6-2/h1,10,12H,6-9H2,2-4H3. The van der Waals surface area contributed by atoms with Crippen LogP contribution < -0.4 is 5.32 Å². The lowest BCUT2D eigenvalue weighted by Gasteiger charge is -2.20. The van der Waals surface area contributed by atoms with E-state index in [0.29, 0.717) is 19.0 Å². The molecule has 3 heteroatoms. The number of likely N-dealkylation sites (N-methyl/N-ethyl adjacent to an activating group) is 1. The van der Waals surface area contributed by atoms with Gasteiger partial charge in [0.2, 0.25) is 5.91 Å². The molecule has 1 atom stereocenters. The van der Waals surface area contributed by atoms with Crippen LogP contribution >= 0.6 is 0 Å². The Morgan fingerprint density at radius 1 is 1.64 bits per heavy atom. The molecule has 14 heavy (non-hydrogen) atoms. The lowest BCUT2D eigenvalue weighted by atomic mass is 10.1. The fraction of sp³-hybridized carbons (Fsp3) is 0.727. The molecule has 0 radical (unpaired) electrons. The lowest BCUT2D eigenvalue weighted by Crippen LogP contribution is -2.37. The predicted molar refractivity (Wildman–Crippen MR) is 58.8 cm³/mol. The molecular formula is C11H20N2O. The molecule has 1 unspecified atom stereocenters. The first-order chi connectivity index (χ1) is 6.61. The summed E-state index contributed by atoms with van der Waals surface area (Å²) >= 11 is 0. The summed E-state index contributed by atoms with van der Waals surface area (Å²) in [5, 5.41) is 2.88. The Hall–Kier alpha value is -1.01. The van der Waals surface area contributed by atoms with Crippen molar-refractivity contribution in [2.75, 3.05) is 26.7 Å². The van der Waals surface area contributed by atoms with E-state index in [0.717, 1.165) is 13.0 Å². The summed E-state index contributed by atoms with van der Waals surface area (Å²) in [6.45, 7) is 5.85. The maximum absolute atomic E-state index is 11.5. The number of carbonyl (C=O) groups is 1. The Morgan fingerprint density at radius 2 is 2.29 bits per heavy atom. The van der Waals surface area contributed by atoms with Crippen LogP contribution in [0, 0.1) is 18.3 Å². The van der Waals surface area contributed by atoms with Crippen LogP contribution in [0.2, 0.25) is 0 Å². The smallest absolute Gasteiger partial charge is 0.236 e. The van der Waals surface area contributed by atoms with E-state index in [9.17, 15) is 4.79 Å². The van der Waals surface area contributed by atoms with Crippen molar-refractivity contribution in [1.29, 1.82) is 0 Å². The molecule has 0 heterocycles. The van der Waals surface area contributed by atoms with Crippen molar-refractivity contribution in [1.82, 2.24) is 10.2 Å². The van der Waals surface area contributed by atoms with Crippen molar-refractivity contribution in [3.05, 3.63) is 0 Å². The van der Waals surface area contributed by atoms with Gasteiger partial charge < -0.3 is 4.90 Å². The minimum absolute atomic E-state index is 0.0977. The van der Waals surface area contributed by atoms with Gasteiger partial charge in [-0.25, -0.2) is 0 Å². The van der Waals surface area contributed by atoms with E-state index >= 15 is 0 Å². The Morgan fingerprint density at radius 3 is 2.79 bits per heavy atom. The van der Waals surface area contributed by atoms with Crippen LogP contribution in [0.25, 0.3) is 0 Å². The van der Waals surface area contributed by atoms with E-state index in [-0.39, 0.29) is 5.91 Å². The topological polar surface area (TPSA) is 32.3 Å². The largest absolute Gasteiger partial charge is 0.344 e. The molecule has 0 aliphatic heterocycles. The van der Waals surface area contributed by atoms with Crippen molar-refractivity contribution in [3.8, 4) is 12.3 Å². The van der Waals surface area contributed by atoms with Crippen molar-refractivity contribution in [2.45, 2.75) is 20.3 Å². The predicted octanol–water partition coefficient (Wildman–Crippen LogP) is 0.714. The van der Waals surface area contributed by atoms with Crippen LogP contribution in [-0.4, -0.2) is 37.5 Å². The van der Waals surface area contributed by atoms with Crippen molar-refractivity contribution in [3.63, 3.8) is 0 Å². The Kier molecular flexibility index (Phi) is 6.87.